The van der Waals surface area contributed by atoms with E-state index in [4.69, 9.17) is 11.6 Å². The Morgan fingerprint density at radius 3 is 2.67 bits per heavy atom. The topological polar surface area (TPSA) is 49.4 Å². The summed E-state index contributed by atoms with van der Waals surface area (Å²) in [6, 6.07) is 4.60. The maximum Gasteiger partial charge on any atom is 0.242 e. The Morgan fingerprint density at radius 1 is 1.44 bits per heavy atom. The molecule has 0 aliphatic rings. The van der Waals surface area contributed by atoms with E-state index in [0.717, 1.165) is 13.0 Å². The molecule has 1 aromatic rings. The maximum atomic E-state index is 12.2. The zero-order valence-electron chi connectivity index (χ0n) is 10.3. The Bertz CT molecular complexity index is 508. The molecule has 102 valence electrons. The van der Waals surface area contributed by atoms with E-state index < -0.39 is 10.0 Å². The molecule has 0 amide bonds. The summed E-state index contributed by atoms with van der Waals surface area (Å²) in [5.41, 5.74) is 0. The Hall–Kier alpha value is -0.140. The highest BCUT2D eigenvalue weighted by molar-refractivity contribution is 9.10. The third kappa shape index (κ3) is 3.93. The molecule has 4 nitrogen and oxygen atoms in total. The Kier molecular flexibility index (Phi) is 6.07. The van der Waals surface area contributed by atoms with E-state index >= 15 is 0 Å². The number of halogens is 2. The number of nitrogens with zero attached hydrogens (tertiary/aromatic N) is 1. The zero-order valence-corrected chi connectivity index (χ0v) is 13.4. The fraction of sp³-hybridized carbons (Fsp3) is 0.455. The quantitative estimate of drug-likeness (QED) is 0.797. The molecule has 0 atom stereocenters. The highest BCUT2D eigenvalue weighted by Crippen LogP contribution is 2.26. The normalized spacial score (nSPS) is 12.1. The van der Waals surface area contributed by atoms with E-state index in [1.54, 1.807) is 13.1 Å². The van der Waals surface area contributed by atoms with Crippen LogP contribution >= 0.6 is 27.5 Å². The fourth-order valence-corrected chi connectivity index (χ4v) is 3.30. The van der Waals surface area contributed by atoms with Crippen LogP contribution in [0.5, 0.6) is 0 Å². The van der Waals surface area contributed by atoms with Gasteiger partial charge < -0.3 is 5.32 Å². The molecule has 7 heteroatoms. The lowest BCUT2D eigenvalue weighted by atomic mass is 10.4. The van der Waals surface area contributed by atoms with Crippen molar-refractivity contribution >= 4 is 37.6 Å². The van der Waals surface area contributed by atoms with Crippen LogP contribution in [0.2, 0.25) is 5.02 Å². The minimum atomic E-state index is -3.44. The first-order chi connectivity index (χ1) is 8.39. The van der Waals surface area contributed by atoms with Gasteiger partial charge in [0.05, 0.1) is 9.92 Å². The van der Waals surface area contributed by atoms with E-state index in [9.17, 15) is 8.42 Å². The van der Waals surface area contributed by atoms with Gasteiger partial charge in [-0.15, -0.1) is 0 Å². The van der Waals surface area contributed by atoms with Gasteiger partial charge in [-0.3, -0.25) is 0 Å². The molecule has 0 aromatic heterocycles. The summed E-state index contributed by atoms with van der Waals surface area (Å²) < 4.78 is 26.4. The summed E-state index contributed by atoms with van der Waals surface area (Å²) in [6.07, 6.45) is 0.765. The highest BCUT2D eigenvalue weighted by Gasteiger charge is 2.20. The predicted molar refractivity (Wildman–Crippen MR) is 77.5 cm³/mol. The summed E-state index contributed by atoms with van der Waals surface area (Å²) in [7, 11) is -0.0268. The molecular formula is C11H16BrClN2O2S. The minimum Gasteiger partial charge on any atom is -0.320 e. The van der Waals surface area contributed by atoms with Gasteiger partial charge in [0, 0.05) is 18.1 Å². The van der Waals surface area contributed by atoms with Crippen molar-refractivity contribution < 1.29 is 8.42 Å². The molecule has 0 spiro atoms. The Labute approximate surface area is 121 Å². The molecule has 1 aromatic carbocycles. The van der Waals surface area contributed by atoms with Crippen molar-refractivity contribution in [1.29, 1.82) is 0 Å². The molecule has 0 saturated carbocycles. The van der Waals surface area contributed by atoms with E-state index in [0.29, 0.717) is 16.0 Å². The van der Waals surface area contributed by atoms with Crippen molar-refractivity contribution in [2.45, 2.75) is 11.3 Å². The van der Waals surface area contributed by atoms with Crippen LogP contribution in [0.25, 0.3) is 0 Å². The molecule has 0 bridgehead atoms. The van der Waals surface area contributed by atoms with E-state index in [1.165, 1.54) is 16.4 Å². The molecule has 18 heavy (non-hydrogen) atoms. The number of hydrogen-bond acceptors (Lipinski definition) is 3. The summed E-state index contributed by atoms with van der Waals surface area (Å²) in [4.78, 5) is 0.241. The second-order valence-corrected chi connectivity index (χ2v) is 7.17. The lowest BCUT2D eigenvalue weighted by Gasteiger charge is -2.17. The molecule has 1 rings (SSSR count). The van der Waals surface area contributed by atoms with Gasteiger partial charge in [0.15, 0.2) is 0 Å². The molecule has 0 aliphatic heterocycles. The lowest BCUT2D eigenvalue weighted by Crippen LogP contribution is -2.29. The van der Waals surface area contributed by atoms with Crippen LogP contribution in [0, 0.1) is 0 Å². The molecule has 0 aliphatic carbocycles. The Balaban J connectivity index is 2.88. The molecular weight excluding hydrogens is 340 g/mol. The summed E-state index contributed by atoms with van der Waals surface area (Å²) in [5.74, 6) is 0. The molecule has 0 heterocycles. The second kappa shape index (κ2) is 6.86. The van der Waals surface area contributed by atoms with Crippen LogP contribution in [0.3, 0.4) is 0 Å². The van der Waals surface area contributed by atoms with Gasteiger partial charge in [0.2, 0.25) is 10.0 Å². The summed E-state index contributed by atoms with van der Waals surface area (Å²) in [5, 5.41) is 3.48. The van der Waals surface area contributed by atoms with Crippen LogP contribution in [-0.2, 0) is 10.0 Å². The average Bonchev–Trinajstić information content (AvgIpc) is 2.32. The number of rotatable bonds is 6. The van der Waals surface area contributed by atoms with Crippen molar-refractivity contribution in [2.24, 2.45) is 0 Å². The first-order valence-electron chi connectivity index (χ1n) is 5.45. The second-order valence-electron chi connectivity index (χ2n) is 3.86. The molecule has 0 unspecified atom stereocenters. The smallest absolute Gasteiger partial charge is 0.242 e. The average molecular weight is 356 g/mol. The molecule has 0 fully saturated rings. The van der Waals surface area contributed by atoms with Crippen molar-refractivity contribution in [1.82, 2.24) is 9.62 Å². The molecule has 0 radical (unpaired) electrons. The van der Waals surface area contributed by atoms with Gasteiger partial charge in [-0.2, -0.15) is 0 Å². The third-order valence-electron chi connectivity index (χ3n) is 2.50. The summed E-state index contributed by atoms with van der Waals surface area (Å²) >= 11 is 9.08. The van der Waals surface area contributed by atoms with Gasteiger partial charge in [0.25, 0.3) is 0 Å². The third-order valence-corrected chi connectivity index (χ3v) is 5.57. The van der Waals surface area contributed by atoms with Crippen LogP contribution in [0.15, 0.2) is 27.6 Å². The number of benzene rings is 1. The Morgan fingerprint density at radius 2 is 2.11 bits per heavy atom. The van der Waals surface area contributed by atoms with Gasteiger partial charge in [-0.05, 0) is 54.1 Å². The highest BCUT2D eigenvalue weighted by atomic mass is 79.9. The first kappa shape index (κ1) is 15.9. The summed E-state index contributed by atoms with van der Waals surface area (Å²) in [6.45, 7) is 1.26. The largest absolute Gasteiger partial charge is 0.320 e. The van der Waals surface area contributed by atoms with Gasteiger partial charge in [0.1, 0.15) is 0 Å². The first-order valence-corrected chi connectivity index (χ1v) is 8.06. The van der Waals surface area contributed by atoms with Gasteiger partial charge in [-0.25, -0.2) is 12.7 Å². The van der Waals surface area contributed by atoms with E-state index in [1.807, 2.05) is 7.05 Å². The molecule has 1 N–H and O–H groups in total. The predicted octanol–water partition coefficient (Wildman–Crippen LogP) is 2.33. The lowest BCUT2D eigenvalue weighted by molar-refractivity contribution is 0.458. The van der Waals surface area contributed by atoms with Crippen molar-refractivity contribution in [2.75, 3.05) is 27.2 Å². The van der Waals surface area contributed by atoms with Gasteiger partial charge >= 0.3 is 0 Å². The van der Waals surface area contributed by atoms with Crippen LogP contribution in [0.1, 0.15) is 6.42 Å². The van der Waals surface area contributed by atoms with Crippen molar-refractivity contribution in [3.63, 3.8) is 0 Å². The van der Waals surface area contributed by atoms with E-state index in [-0.39, 0.29) is 4.90 Å². The monoisotopic (exact) mass is 354 g/mol. The van der Waals surface area contributed by atoms with E-state index in [2.05, 4.69) is 21.2 Å². The van der Waals surface area contributed by atoms with Crippen molar-refractivity contribution in [3.05, 3.63) is 27.7 Å². The number of sulfonamides is 1. The SMILES string of the molecule is CNCCCN(C)S(=O)(=O)c1ccc(Cl)c(Br)c1. The zero-order chi connectivity index (χ0) is 13.8. The van der Waals surface area contributed by atoms with Crippen LogP contribution in [0.4, 0.5) is 0 Å². The minimum absolute atomic E-state index is 0.241. The van der Waals surface area contributed by atoms with Crippen LogP contribution < -0.4 is 5.32 Å². The standard InChI is InChI=1S/C11H16BrClN2O2S/c1-14-6-3-7-15(2)18(16,17)9-4-5-11(13)10(12)8-9/h4-5,8,14H,3,6-7H2,1-2H3. The fourth-order valence-electron chi connectivity index (χ4n) is 1.42. The number of nitrogens with one attached hydrogen (secondary N) is 1. The van der Waals surface area contributed by atoms with Gasteiger partial charge in [-0.1, -0.05) is 11.6 Å². The maximum absolute atomic E-state index is 12.2. The van der Waals surface area contributed by atoms with Crippen molar-refractivity contribution in [3.8, 4) is 0 Å². The van der Waals surface area contributed by atoms with Crippen LogP contribution in [-0.4, -0.2) is 39.9 Å². The number of hydrogen-bond donors (Lipinski definition) is 1. The molecule has 0 saturated heterocycles.